The molecule has 2 saturated carbocycles. The van der Waals surface area contributed by atoms with Crippen LogP contribution in [0.4, 0.5) is 0 Å². The standard InChI is InChI=1S/C8H14O/c1-8(2)6-3-5(9)4-7(6)8/h5-7,9H,3-4H2,1-2H3. The second kappa shape index (κ2) is 1.34. The molecule has 0 aromatic heterocycles. The van der Waals surface area contributed by atoms with Crippen LogP contribution in [0.1, 0.15) is 26.7 Å². The fourth-order valence-corrected chi connectivity index (χ4v) is 2.48. The SMILES string of the molecule is CC1(C)C2CC(O)CC21. The Morgan fingerprint density at radius 2 is 1.67 bits per heavy atom. The van der Waals surface area contributed by atoms with Crippen molar-refractivity contribution >= 4 is 0 Å². The zero-order valence-corrected chi connectivity index (χ0v) is 6.09. The smallest absolute Gasteiger partial charge is 0.0546 e. The molecule has 0 aromatic carbocycles. The molecule has 2 rings (SSSR count). The van der Waals surface area contributed by atoms with Crippen LogP contribution in [-0.4, -0.2) is 11.2 Å². The third-order valence-corrected chi connectivity index (χ3v) is 3.34. The van der Waals surface area contributed by atoms with E-state index in [1.807, 2.05) is 0 Å². The lowest BCUT2D eigenvalue weighted by Crippen LogP contribution is -2.08. The van der Waals surface area contributed by atoms with E-state index in [9.17, 15) is 0 Å². The minimum absolute atomic E-state index is 0.0352. The molecule has 0 saturated heterocycles. The first-order chi connectivity index (χ1) is 4.12. The summed E-state index contributed by atoms with van der Waals surface area (Å²) >= 11 is 0. The van der Waals surface area contributed by atoms with Gasteiger partial charge in [-0.3, -0.25) is 0 Å². The molecule has 2 aliphatic rings. The van der Waals surface area contributed by atoms with E-state index in [4.69, 9.17) is 5.11 Å². The molecule has 0 amide bonds. The highest BCUT2D eigenvalue weighted by Gasteiger charge is 2.61. The van der Waals surface area contributed by atoms with E-state index in [1.54, 1.807) is 0 Å². The number of fused-ring (bicyclic) bond motifs is 1. The first-order valence-corrected chi connectivity index (χ1v) is 3.80. The molecule has 2 unspecified atom stereocenters. The van der Waals surface area contributed by atoms with Gasteiger partial charge in [0.25, 0.3) is 0 Å². The van der Waals surface area contributed by atoms with Gasteiger partial charge in [-0.1, -0.05) is 13.8 Å². The van der Waals surface area contributed by atoms with E-state index in [-0.39, 0.29) is 6.10 Å². The van der Waals surface area contributed by atoms with Crippen LogP contribution in [0, 0.1) is 17.3 Å². The van der Waals surface area contributed by atoms with Crippen molar-refractivity contribution in [3.05, 3.63) is 0 Å². The summed E-state index contributed by atoms with van der Waals surface area (Å²) in [5.41, 5.74) is 0.583. The second-order valence-corrected chi connectivity index (χ2v) is 4.16. The Kier molecular flexibility index (Phi) is 0.852. The van der Waals surface area contributed by atoms with Gasteiger partial charge in [0.15, 0.2) is 0 Å². The van der Waals surface area contributed by atoms with Gasteiger partial charge in [-0.15, -0.1) is 0 Å². The summed E-state index contributed by atoms with van der Waals surface area (Å²) in [6.07, 6.45) is 2.17. The van der Waals surface area contributed by atoms with Crippen molar-refractivity contribution in [2.24, 2.45) is 17.3 Å². The van der Waals surface area contributed by atoms with Gasteiger partial charge in [0, 0.05) is 0 Å². The summed E-state index contributed by atoms with van der Waals surface area (Å²) in [5, 5.41) is 9.16. The lowest BCUT2D eigenvalue weighted by Gasteiger charge is -2.10. The molecule has 2 aliphatic carbocycles. The van der Waals surface area contributed by atoms with Crippen molar-refractivity contribution in [1.29, 1.82) is 0 Å². The normalized spacial score (nSPS) is 53.0. The van der Waals surface area contributed by atoms with Crippen molar-refractivity contribution < 1.29 is 5.11 Å². The zero-order valence-electron chi connectivity index (χ0n) is 6.09. The predicted molar refractivity (Wildman–Crippen MR) is 36.0 cm³/mol. The molecule has 2 atom stereocenters. The highest BCUT2D eigenvalue weighted by atomic mass is 16.3. The maximum Gasteiger partial charge on any atom is 0.0546 e. The minimum atomic E-state index is 0.0352. The zero-order chi connectivity index (χ0) is 6.65. The third kappa shape index (κ3) is 0.586. The Morgan fingerprint density at radius 1 is 1.22 bits per heavy atom. The Labute approximate surface area is 56.1 Å². The van der Waals surface area contributed by atoms with Gasteiger partial charge in [0.2, 0.25) is 0 Å². The third-order valence-electron chi connectivity index (χ3n) is 3.34. The molecule has 0 aromatic rings. The molecule has 0 aliphatic heterocycles. The van der Waals surface area contributed by atoms with E-state index in [0.29, 0.717) is 5.41 Å². The number of rotatable bonds is 0. The van der Waals surface area contributed by atoms with Gasteiger partial charge < -0.3 is 5.11 Å². The van der Waals surface area contributed by atoms with Gasteiger partial charge in [0.1, 0.15) is 0 Å². The van der Waals surface area contributed by atoms with Crippen molar-refractivity contribution in [2.75, 3.05) is 0 Å². The molecule has 0 radical (unpaired) electrons. The van der Waals surface area contributed by atoms with E-state index in [0.717, 1.165) is 24.7 Å². The van der Waals surface area contributed by atoms with Gasteiger partial charge in [0.05, 0.1) is 6.10 Å². The number of hydrogen-bond donors (Lipinski definition) is 1. The van der Waals surface area contributed by atoms with Gasteiger partial charge in [-0.2, -0.15) is 0 Å². The lowest BCUT2D eigenvalue weighted by atomic mass is 9.99. The fourth-order valence-electron chi connectivity index (χ4n) is 2.48. The monoisotopic (exact) mass is 126 g/mol. The van der Waals surface area contributed by atoms with Crippen molar-refractivity contribution in [3.8, 4) is 0 Å². The molecule has 9 heavy (non-hydrogen) atoms. The van der Waals surface area contributed by atoms with E-state index >= 15 is 0 Å². The summed E-state index contributed by atoms with van der Waals surface area (Å²) in [5.74, 6) is 1.71. The topological polar surface area (TPSA) is 20.2 Å². The maximum absolute atomic E-state index is 9.16. The number of aliphatic hydroxyl groups is 1. The van der Waals surface area contributed by atoms with E-state index in [2.05, 4.69) is 13.8 Å². The predicted octanol–water partition coefficient (Wildman–Crippen LogP) is 1.41. The van der Waals surface area contributed by atoms with Gasteiger partial charge in [-0.05, 0) is 30.1 Å². The largest absolute Gasteiger partial charge is 0.393 e. The first kappa shape index (κ1) is 5.72. The van der Waals surface area contributed by atoms with Crippen LogP contribution >= 0.6 is 0 Å². The number of hydrogen-bond acceptors (Lipinski definition) is 1. The molecular formula is C8H14O. The first-order valence-electron chi connectivity index (χ1n) is 3.80. The number of aliphatic hydroxyl groups excluding tert-OH is 1. The Morgan fingerprint density at radius 3 is 2.00 bits per heavy atom. The van der Waals surface area contributed by atoms with Crippen LogP contribution in [0.5, 0.6) is 0 Å². The summed E-state index contributed by atoms with van der Waals surface area (Å²) in [6.45, 7) is 4.63. The van der Waals surface area contributed by atoms with Crippen LogP contribution in [0.2, 0.25) is 0 Å². The summed E-state index contributed by atoms with van der Waals surface area (Å²) in [4.78, 5) is 0. The average molecular weight is 126 g/mol. The lowest BCUT2D eigenvalue weighted by molar-refractivity contribution is 0.151. The average Bonchev–Trinajstić information content (AvgIpc) is 2.27. The van der Waals surface area contributed by atoms with E-state index in [1.165, 1.54) is 0 Å². The van der Waals surface area contributed by atoms with Crippen molar-refractivity contribution in [2.45, 2.75) is 32.8 Å². The Hall–Kier alpha value is -0.0400. The van der Waals surface area contributed by atoms with Crippen molar-refractivity contribution in [1.82, 2.24) is 0 Å². The van der Waals surface area contributed by atoms with Crippen molar-refractivity contribution in [3.63, 3.8) is 0 Å². The van der Waals surface area contributed by atoms with Crippen LogP contribution in [-0.2, 0) is 0 Å². The molecule has 1 nitrogen and oxygen atoms in total. The summed E-state index contributed by atoms with van der Waals surface area (Å²) in [6, 6.07) is 0. The minimum Gasteiger partial charge on any atom is -0.393 e. The van der Waals surface area contributed by atoms with Crippen LogP contribution in [0.25, 0.3) is 0 Å². The quantitative estimate of drug-likeness (QED) is 0.520. The molecule has 0 bridgehead atoms. The Balaban J connectivity index is 2.06. The highest BCUT2D eigenvalue weighted by molar-refractivity contribution is 5.10. The van der Waals surface area contributed by atoms with Gasteiger partial charge in [-0.25, -0.2) is 0 Å². The van der Waals surface area contributed by atoms with Gasteiger partial charge >= 0.3 is 0 Å². The molecule has 2 fully saturated rings. The van der Waals surface area contributed by atoms with Crippen LogP contribution < -0.4 is 0 Å². The molecule has 0 heterocycles. The molecule has 52 valence electrons. The molecule has 0 spiro atoms. The highest BCUT2D eigenvalue weighted by Crippen LogP contribution is 2.66. The van der Waals surface area contributed by atoms with E-state index < -0.39 is 0 Å². The second-order valence-electron chi connectivity index (χ2n) is 4.16. The molecular weight excluding hydrogens is 112 g/mol. The molecule has 1 N–H and O–H groups in total. The molecule has 1 heteroatoms. The summed E-state index contributed by atoms with van der Waals surface area (Å²) < 4.78 is 0. The maximum atomic E-state index is 9.16. The summed E-state index contributed by atoms with van der Waals surface area (Å²) in [7, 11) is 0. The van der Waals surface area contributed by atoms with Crippen LogP contribution in [0.3, 0.4) is 0 Å². The fraction of sp³-hybridized carbons (Fsp3) is 1.00. The Bertz CT molecular complexity index is 126. The van der Waals surface area contributed by atoms with Crippen LogP contribution in [0.15, 0.2) is 0 Å².